The van der Waals surface area contributed by atoms with Crippen LogP contribution in [-0.4, -0.2) is 28.8 Å². The molecule has 0 aliphatic rings. The summed E-state index contributed by atoms with van der Waals surface area (Å²) in [7, 11) is 5.94. The standard InChI is InChI=1S/C13H16BrN3O/c1-16(2)10-6-4-9(5-7-10)13-15-11(8-18)12(14)17(13)3/h4-7,18H,8H2,1-3H3. The minimum Gasteiger partial charge on any atom is -0.390 e. The summed E-state index contributed by atoms with van der Waals surface area (Å²) < 4.78 is 2.74. The highest BCUT2D eigenvalue weighted by Gasteiger charge is 2.13. The van der Waals surface area contributed by atoms with Crippen LogP contribution < -0.4 is 4.90 Å². The summed E-state index contributed by atoms with van der Waals surface area (Å²) in [5, 5.41) is 9.21. The van der Waals surface area contributed by atoms with E-state index in [0.29, 0.717) is 5.69 Å². The minimum atomic E-state index is -0.0653. The largest absolute Gasteiger partial charge is 0.390 e. The van der Waals surface area contributed by atoms with E-state index in [1.807, 2.05) is 37.8 Å². The molecule has 0 radical (unpaired) electrons. The average Bonchev–Trinajstić information content (AvgIpc) is 2.66. The van der Waals surface area contributed by atoms with Crippen molar-refractivity contribution in [2.24, 2.45) is 7.05 Å². The van der Waals surface area contributed by atoms with Gasteiger partial charge in [-0.1, -0.05) is 0 Å². The third kappa shape index (κ3) is 2.28. The molecule has 0 amide bonds. The van der Waals surface area contributed by atoms with Crippen LogP contribution in [0.3, 0.4) is 0 Å². The van der Waals surface area contributed by atoms with Crippen molar-refractivity contribution >= 4 is 21.6 Å². The molecular weight excluding hydrogens is 294 g/mol. The summed E-state index contributed by atoms with van der Waals surface area (Å²) in [6, 6.07) is 8.17. The van der Waals surface area contributed by atoms with Crippen molar-refractivity contribution in [3.05, 3.63) is 34.6 Å². The maximum atomic E-state index is 9.21. The Balaban J connectivity index is 2.42. The molecule has 1 heterocycles. The number of nitrogens with zero attached hydrogens (tertiary/aromatic N) is 3. The van der Waals surface area contributed by atoms with Gasteiger partial charge in [-0.2, -0.15) is 0 Å². The second kappa shape index (κ2) is 5.12. The van der Waals surface area contributed by atoms with Crippen LogP contribution >= 0.6 is 15.9 Å². The normalized spacial score (nSPS) is 10.7. The lowest BCUT2D eigenvalue weighted by Gasteiger charge is -2.12. The van der Waals surface area contributed by atoms with Crippen LogP contribution in [0, 0.1) is 0 Å². The van der Waals surface area contributed by atoms with E-state index < -0.39 is 0 Å². The molecule has 5 heteroatoms. The van der Waals surface area contributed by atoms with Gasteiger partial charge in [0.1, 0.15) is 10.4 Å². The second-order valence-corrected chi connectivity index (χ2v) is 5.08. The van der Waals surface area contributed by atoms with Crippen LogP contribution in [0.2, 0.25) is 0 Å². The number of aliphatic hydroxyl groups excluding tert-OH is 1. The molecule has 0 aliphatic heterocycles. The van der Waals surface area contributed by atoms with E-state index >= 15 is 0 Å². The SMILES string of the molecule is CN(C)c1ccc(-c2nc(CO)c(Br)n2C)cc1. The molecule has 0 spiro atoms. The van der Waals surface area contributed by atoms with Crippen LogP contribution in [0.25, 0.3) is 11.4 Å². The van der Waals surface area contributed by atoms with Gasteiger partial charge >= 0.3 is 0 Å². The van der Waals surface area contributed by atoms with Gasteiger partial charge in [0.15, 0.2) is 0 Å². The summed E-state index contributed by atoms with van der Waals surface area (Å²) in [5.41, 5.74) is 2.84. The van der Waals surface area contributed by atoms with E-state index in [2.05, 4.69) is 37.9 Å². The molecule has 2 aromatic rings. The van der Waals surface area contributed by atoms with E-state index in [4.69, 9.17) is 0 Å². The van der Waals surface area contributed by atoms with Crippen molar-refractivity contribution in [1.29, 1.82) is 0 Å². The molecule has 18 heavy (non-hydrogen) atoms. The first-order chi connectivity index (χ1) is 8.54. The Morgan fingerprint density at radius 3 is 2.33 bits per heavy atom. The lowest BCUT2D eigenvalue weighted by Crippen LogP contribution is -2.08. The van der Waals surface area contributed by atoms with Gasteiger partial charge in [0.25, 0.3) is 0 Å². The molecular formula is C13H16BrN3O. The van der Waals surface area contributed by atoms with Gasteiger partial charge in [-0.25, -0.2) is 4.98 Å². The highest BCUT2D eigenvalue weighted by atomic mass is 79.9. The van der Waals surface area contributed by atoms with Crippen LogP contribution in [0.15, 0.2) is 28.9 Å². The smallest absolute Gasteiger partial charge is 0.140 e. The number of imidazole rings is 1. The highest BCUT2D eigenvalue weighted by molar-refractivity contribution is 9.10. The molecule has 1 aromatic heterocycles. The van der Waals surface area contributed by atoms with Gasteiger partial charge in [-0.3, -0.25) is 0 Å². The topological polar surface area (TPSA) is 41.3 Å². The second-order valence-electron chi connectivity index (χ2n) is 4.33. The molecule has 2 rings (SSSR count). The monoisotopic (exact) mass is 309 g/mol. The number of hydrogen-bond acceptors (Lipinski definition) is 3. The predicted octanol–water partition coefficient (Wildman–Crippen LogP) is 2.41. The summed E-state index contributed by atoms with van der Waals surface area (Å²) in [5.74, 6) is 0.844. The van der Waals surface area contributed by atoms with Crippen molar-refractivity contribution in [3.8, 4) is 11.4 Å². The summed E-state index contributed by atoms with van der Waals surface area (Å²) in [4.78, 5) is 6.48. The Morgan fingerprint density at radius 1 is 1.28 bits per heavy atom. The van der Waals surface area contributed by atoms with Gasteiger partial charge in [-0.15, -0.1) is 0 Å². The van der Waals surface area contributed by atoms with Crippen LogP contribution in [-0.2, 0) is 13.7 Å². The van der Waals surface area contributed by atoms with Crippen molar-refractivity contribution < 1.29 is 5.11 Å². The molecule has 0 fully saturated rings. The zero-order valence-corrected chi connectivity index (χ0v) is 12.3. The Bertz CT molecular complexity index is 546. The molecule has 0 saturated heterocycles. The number of aliphatic hydroxyl groups is 1. The number of benzene rings is 1. The Kier molecular flexibility index (Phi) is 3.73. The Hall–Kier alpha value is -1.33. The molecule has 4 nitrogen and oxygen atoms in total. The third-order valence-corrected chi connectivity index (χ3v) is 3.87. The molecule has 1 N–H and O–H groups in total. The first-order valence-corrected chi connectivity index (χ1v) is 6.43. The van der Waals surface area contributed by atoms with Crippen molar-refractivity contribution in [2.45, 2.75) is 6.61 Å². The number of rotatable bonds is 3. The summed E-state index contributed by atoms with van der Waals surface area (Å²) in [6.07, 6.45) is 0. The van der Waals surface area contributed by atoms with Crippen molar-refractivity contribution in [1.82, 2.24) is 9.55 Å². The quantitative estimate of drug-likeness (QED) is 0.946. The number of anilines is 1. The van der Waals surface area contributed by atoms with E-state index in [0.717, 1.165) is 21.7 Å². The molecule has 0 unspecified atom stereocenters. The van der Waals surface area contributed by atoms with E-state index in [-0.39, 0.29) is 6.61 Å². The van der Waals surface area contributed by atoms with Crippen molar-refractivity contribution in [3.63, 3.8) is 0 Å². The first kappa shape index (κ1) is 13.1. The number of hydrogen-bond donors (Lipinski definition) is 1. The van der Waals surface area contributed by atoms with Gasteiger partial charge in [0.2, 0.25) is 0 Å². The summed E-state index contributed by atoms with van der Waals surface area (Å²) in [6.45, 7) is -0.0653. The average molecular weight is 310 g/mol. The van der Waals surface area contributed by atoms with E-state index in [1.165, 1.54) is 0 Å². The van der Waals surface area contributed by atoms with E-state index in [1.54, 1.807) is 0 Å². The van der Waals surface area contributed by atoms with Crippen LogP contribution in [0.5, 0.6) is 0 Å². The molecule has 96 valence electrons. The highest BCUT2D eigenvalue weighted by Crippen LogP contribution is 2.26. The Labute approximate surface area is 115 Å². The summed E-state index contributed by atoms with van der Waals surface area (Å²) >= 11 is 3.43. The van der Waals surface area contributed by atoms with Gasteiger partial charge in [0, 0.05) is 32.4 Å². The molecule has 0 saturated carbocycles. The van der Waals surface area contributed by atoms with Gasteiger partial charge in [0.05, 0.1) is 12.3 Å². The lowest BCUT2D eigenvalue weighted by atomic mass is 10.2. The van der Waals surface area contributed by atoms with Gasteiger partial charge < -0.3 is 14.6 Å². The van der Waals surface area contributed by atoms with Crippen LogP contribution in [0.1, 0.15) is 5.69 Å². The van der Waals surface area contributed by atoms with Gasteiger partial charge in [-0.05, 0) is 40.2 Å². The fourth-order valence-corrected chi connectivity index (χ4v) is 2.18. The predicted molar refractivity (Wildman–Crippen MR) is 76.6 cm³/mol. The first-order valence-electron chi connectivity index (χ1n) is 5.64. The zero-order chi connectivity index (χ0) is 13.3. The minimum absolute atomic E-state index is 0.0653. The van der Waals surface area contributed by atoms with Crippen LogP contribution in [0.4, 0.5) is 5.69 Å². The molecule has 1 aromatic carbocycles. The third-order valence-electron chi connectivity index (χ3n) is 2.88. The maximum absolute atomic E-state index is 9.21. The number of aromatic nitrogens is 2. The van der Waals surface area contributed by atoms with Crippen molar-refractivity contribution in [2.75, 3.05) is 19.0 Å². The number of halogens is 1. The lowest BCUT2D eigenvalue weighted by molar-refractivity contribution is 0.276. The van der Waals surface area contributed by atoms with E-state index in [9.17, 15) is 5.11 Å². The maximum Gasteiger partial charge on any atom is 0.140 e. The fraction of sp³-hybridized carbons (Fsp3) is 0.308. The Morgan fingerprint density at radius 2 is 1.89 bits per heavy atom. The molecule has 0 atom stereocenters. The molecule has 0 aliphatic carbocycles. The molecule has 0 bridgehead atoms. The fourth-order valence-electron chi connectivity index (χ4n) is 1.80. The zero-order valence-electron chi connectivity index (χ0n) is 10.7.